The molecule has 0 saturated heterocycles. The summed E-state index contributed by atoms with van der Waals surface area (Å²) < 4.78 is 36.7. The first-order valence-corrected chi connectivity index (χ1v) is 10.4. The fourth-order valence-electron chi connectivity index (χ4n) is 4.36. The van der Waals surface area contributed by atoms with Crippen LogP contribution < -0.4 is 5.32 Å². The summed E-state index contributed by atoms with van der Waals surface area (Å²) in [7, 11) is 1.69. The van der Waals surface area contributed by atoms with E-state index in [1.807, 2.05) is 9.13 Å². The van der Waals surface area contributed by atoms with Crippen molar-refractivity contribution in [2.45, 2.75) is 50.9 Å². The van der Waals surface area contributed by atoms with Crippen molar-refractivity contribution >= 4 is 5.91 Å². The first-order chi connectivity index (χ1) is 15.0. The van der Waals surface area contributed by atoms with Crippen LogP contribution in [0, 0.1) is 11.6 Å². The summed E-state index contributed by atoms with van der Waals surface area (Å²) in [6.45, 7) is 1.33. The van der Waals surface area contributed by atoms with Crippen LogP contribution in [0.2, 0.25) is 0 Å². The number of imidazole rings is 2. The van der Waals surface area contributed by atoms with Crippen LogP contribution in [0.25, 0.3) is 11.3 Å². The summed E-state index contributed by atoms with van der Waals surface area (Å²) in [5.41, 5.74) is 1.15. The molecule has 3 aromatic rings. The Kier molecular flexibility index (Phi) is 5.05. The molecule has 2 aromatic heterocycles. The molecule has 2 unspecified atom stereocenters. The summed E-state index contributed by atoms with van der Waals surface area (Å²) in [5.74, 6) is 0.239. The third-order valence-electron chi connectivity index (χ3n) is 6.06. The minimum absolute atomic E-state index is 0.0782. The van der Waals surface area contributed by atoms with Gasteiger partial charge >= 0.3 is 0 Å². The van der Waals surface area contributed by atoms with Crippen LogP contribution in [-0.2, 0) is 30.7 Å². The maximum absolute atomic E-state index is 14.1. The summed E-state index contributed by atoms with van der Waals surface area (Å²) in [6.07, 6.45) is 6.69. The Morgan fingerprint density at radius 3 is 2.84 bits per heavy atom. The SMILES string of the molecule is COC1CCn2cc(C(=O)NC3CCc4nc(-c5ccc(F)cc5F)cn4C3)nc2C1. The van der Waals surface area contributed by atoms with Crippen molar-refractivity contribution in [2.75, 3.05) is 7.11 Å². The van der Waals surface area contributed by atoms with Crippen LogP contribution in [-0.4, -0.2) is 44.3 Å². The molecule has 9 heteroatoms. The largest absolute Gasteiger partial charge is 0.381 e. The number of carbonyl (C=O) groups excluding carboxylic acids is 1. The first-order valence-electron chi connectivity index (χ1n) is 10.4. The number of hydrogen-bond acceptors (Lipinski definition) is 4. The van der Waals surface area contributed by atoms with Crippen molar-refractivity contribution in [3.05, 3.63) is 59.6 Å². The predicted octanol–water partition coefficient (Wildman–Crippen LogP) is 2.73. The van der Waals surface area contributed by atoms with Gasteiger partial charge in [-0.15, -0.1) is 0 Å². The Morgan fingerprint density at radius 1 is 1.16 bits per heavy atom. The second kappa shape index (κ2) is 7.88. The summed E-state index contributed by atoms with van der Waals surface area (Å²) in [4.78, 5) is 21.8. The summed E-state index contributed by atoms with van der Waals surface area (Å²) in [6, 6.07) is 3.40. The normalized spacial score (nSPS) is 20.2. The van der Waals surface area contributed by atoms with Crippen LogP contribution in [0.1, 0.15) is 35.0 Å². The van der Waals surface area contributed by atoms with Gasteiger partial charge in [0.1, 0.15) is 29.0 Å². The molecule has 162 valence electrons. The molecule has 1 aromatic carbocycles. The molecule has 1 N–H and O–H groups in total. The standard InChI is InChI=1S/C22H23F2N5O2/c1-31-15-6-7-28-12-19(27-21(28)9-15)22(30)25-14-3-5-20-26-18(11-29(20)10-14)16-4-2-13(23)8-17(16)24/h2,4,8,11-12,14-15H,3,5-7,9-10H2,1H3,(H,25,30). The van der Waals surface area contributed by atoms with Crippen molar-refractivity contribution in [1.29, 1.82) is 0 Å². The molecule has 0 bridgehead atoms. The lowest BCUT2D eigenvalue weighted by Crippen LogP contribution is -2.41. The third kappa shape index (κ3) is 3.85. The van der Waals surface area contributed by atoms with Crippen molar-refractivity contribution in [2.24, 2.45) is 0 Å². The monoisotopic (exact) mass is 427 g/mol. The van der Waals surface area contributed by atoms with E-state index in [0.717, 1.165) is 37.1 Å². The summed E-state index contributed by atoms with van der Waals surface area (Å²) in [5, 5.41) is 3.06. The molecule has 0 fully saturated rings. The van der Waals surface area contributed by atoms with E-state index in [9.17, 15) is 13.6 Å². The third-order valence-corrected chi connectivity index (χ3v) is 6.06. The fourth-order valence-corrected chi connectivity index (χ4v) is 4.36. The Hall–Kier alpha value is -3.07. The minimum Gasteiger partial charge on any atom is -0.381 e. The van der Waals surface area contributed by atoms with E-state index < -0.39 is 11.6 Å². The van der Waals surface area contributed by atoms with Crippen molar-refractivity contribution in [1.82, 2.24) is 24.4 Å². The number of hydrogen-bond donors (Lipinski definition) is 1. The fraction of sp³-hybridized carbons (Fsp3) is 0.409. The molecule has 4 heterocycles. The van der Waals surface area contributed by atoms with E-state index in [2.05, 4.69) is 15.3 Å². The molecule has 5 rings (SSSR count). The lowest BCUT2D eigenvalue weighted by Gasteiger charge is -2.24. The van der Waals surface area contributed by atoms with E-state index in [-0.39, 0.29) is 23.6 Å². The van der Waals surface area contributed by atoms with Crippen molar-refractivity contribution in [3.8, 4) is 11.3 Å². The summed E-state index contributed by atoms with van der Waals surface area (Å²) >= 11 is 0. The molecule has 31 heavy (non-hydrogen) atoms. The van der Waals surface area contributed by atoms with E-state index in [1.165, 1.54) is 12.1 Å². The lowest BCUT2D eigenvalue weighted by molar-refractivity contribution is 0.0796. The van der Waals surface area contributed by atoms with E-state index in [4.69, 9.17) is 4.74 Å². The van der Waals surface area contributed by atoms with Crippen molar-refractivity contribution in [3.63, 3.8) is 0 Å². The van der Waals surface area contributed by atoms with Gasteiger partial charge in [-0.25, -0.2) is 18.7 Å². The van der Waals surface area contributed by atoms with Crippen LogP contribution in [0.4, 0.5) is 8.78 Å². The molecule has 2 atom stereocenters. The number of carbonyl (C=O) groups is 1. The highest BCUT2D eigenvalue weighted by atomic mass is 19.1. The van der Waals surface area contributed by atoms with Crippen LogP contribution >= 0.6 is 0 Å². The molecule has 7 nitrogen and oxygen atoms in total. The number of methoxy groups -OCH3 is 1. The maximum Gasteiger partial charge on any atom is 0.271 e. The number of benzene rings is 1. The molecule has 0 spiro atoms. The lowest BCUT2D eigenvalue weighted by atomic mass is 10.1. The van der Waals surface area contributed by atoms with Crippen LogP contribution in [0.5, 0.6) is 0 Å². The van der Waals surface area contributed by atoms with Crippen LogP contribution in [0.3, 0.4) is 0 Å². The van der Waals surface area contributed by atoms with Gasteiger partial charge in [0, 0.05) is 63.1 Å². The number of rotatable bonds is 4. The number of amides is 1. The number of nitrogens with zero attached hydrogens (tertiary/aromatic N) is 4. The Bertz CT molecular complexity index is 1140. The van der Waals surface area contributed by atoms with Crippen molar-refractivity contribution < 1.29 is 18.3 Å². The highest BCUT2D eigenvalue weighted by Gasteiger charge is 2.26. The number of aromatic nitrogens is 4. The number of halogens is 2. The maximum atomic E-state index is 14.1. The molecule has 2 aliphatic rings. The molecule has 0 saturated carbocycles. The minimum atomic E-state index is -0.639. The van der Waals surface area contributed by atoms with Gasteiger partial charge in [-0.2, -0.15) is 0 Å². The Morgan fingerprint density at radius 2 is 2.03 bits per heavy atom. The van der Waals surface area contributed by atoms with Gasteiger partial charge in [0.15, 0.2) is 0 Å². The Balaban J connectivity index is 1.28. The highest BCUT2D eigenvalue weighted by Crippen LogP contribution is 2.26. The second-order valence-electron chi connectivity index (χ2n) is 8.11. The zero-order chi connectivity index (χ0) is 21.5. The van der Waals surface area contributed by atoms with Gasteiger partial charge < -0.3 is 19.2 Å². The quantitative estimate of drug-likeness (QED) is 0.695. The molecule has 2 aliphatic heterocycles. The van der Waals surface area contributed by atoms with Gasteiger partial charge in [0.25, 0.3) is 5.91 Å². The van der Waals surface area contributed by atoms with E-state index >= 15 is 0 Å². The smallest absolute Gasteiger partial charge is 0.271 e. The van der Waals surface area contributed by atoms with Gasteiger partial charge in [-0.05, 0) is 25.0 Å². The molecular formula is C22H23F2N5O2. The average molecular weight is 427 g/mol. The molecule has 0 aliphatic carbocycles. The highest BCUT2D eigenvalue weighted by molar-refractivity contribution is 5.92. The Labute approximate surface area is 178 Å². The van der Waals surface area contributed by atoms with Gasteiger partial charge in [0.2, 0.25) is 0 Å². The predicted molar refractivity (Wildman–Crippen MR) is 108 cm³/mol. The van der Waals surface area contributed by atoms with E-state index in [1.54, 1.807) is 19.5 Å². The average Bonchev–Trinajstić information content (AvgIpc) is 3.36. The first kappa shape index (κ1) is 19.9. The molecule has 0 radical (unpaired) electrons. The number of fused-ring (bicyclic) bond motifs is 2. The topological polar surface area (TPSA) is 74.0 Å². The number of ether oxygens (including phenoxy) is 1. The van der Waals surface area contributed by atoms with Crippen LogP contribution in [0.15, 0.2) is 30.6 Å². The van der Waals surface area contributed by atoms with E-state index in [0.29, 0.717) is 30.8 Å². The van der Waals surface area contributed by atoms with Gasteiger partial charge in [-0.3, -0.25) is 4.79 Å². The molecule has 1 amide bonds. The number of aryl methyl sites for hydroxylation is 2. The number of nitrogens with one attached hydrogen (secondary N) is 1. The second-order valence-corrected chi connectivity index (χ2v) is 8.11. The molecular weight excluding hydrogens is 404 g/mol. The van der Waals surface area contributed by atoms with Gasteiger partial charge in [0.05, 0.1) is 11.8 Å². The zero-order valence-corrected chi connectivity index (χ0v) is 17.1. The van der Waals surface area contributed by atoms with Gasteiger partial charge in [-0.1, -0.05) is 0 Å². The zero-order valence-electron chi connectivity index (χ0n) is 17.1.